The van der Waals surface area contributed by atoms with Crippen molar-refractivity contribution in [1.82, 2.24) is 9.80 Å². The predicted molar refractivity (Wildman–Crippen MR) is 73.3 cm³/mol. The summed E-state index contributed by atoms with van der Waals surface area (Å²) in [5.74, 6) is 0.597. The van der Waals surface area contributed by atoms with Crippen LogP contribution >= 0.6 is 0 Å². The van der Waals surface area contributed by atoms with Crippen LogP contribution in [0.4, 0.5) is 0 Å². The molecule has 0 spiro atoms. The molecule has 0 bridgehead atoms. The topological polar surface area (TPSA) is 43.8 Å². The van der Waals surface area contributed by atoms with E-state index in [1.165, 1.54) is 19.4 Å². The molecule has 2 atom stereocenters. The van der Waals surface area contributed by atoms with Gasteiger partial charge in [0.05, 0.1) is 12.5 Å². The highest BCUT2D eigenvalue weighted by Crippen LogP contribution is 2.18. The van der Waals surface area contributed by atoms with E-state index in [4.69, 9.17) is 0 Å². The third-order valence-corrected chi connectivity index (χ3v) is 3.95. The molecular weight excluding hydrogens is 228 g/mol. The fourth-order valence-corrected chi connectivity index (χ4v) is 2.76. The van der Waals surface area contributed by atoms with Gasteiger partial charge in [-0.1, -0.05) is 13.8 Å². The van der Waals surface area contributed by atoms with Gasteiger partial charge in [-0.15, -0.1) is 0 Å². The second kappa shape index (κ2) is 7.10. The van der Waals surface area contributed by atoms with Crippen LogP contribution in [0.1, 0.15) is 26.7 Å². The fourth-order valence-electron chi connectivity index (χ4n) is 2.76. The fraction of sp³-hybridized carbons (Fsp3) is 0.929. The first-order valence-corrected chi connectivity index (χ1v) is 7.00. The van der Waals surface area contributed by atoms with Gasteiger partial charge in [0.15, 0.2) is 0 Å². The zero-order valence-electron chi connectivity index (χ0n) is 12.2. The van der Waals surface area contributed by atoms with Crippen molar-refractivity contribution >= 4 is 5.91 Å². The first-order chi connectivity index (χ1) is 8.45. The minimum Gasteiger partial charge on any atom is -0.396 e. The van der Waals surface area contributed by atoms with E-state index in [0.717, 1.165) is 13.1 Å². The summed E-state index contributed by atoms with van der Waals surface area (Å²) in [6.45, 7) is 6.97. The summed E-state index contributed by atoms with van der Waals surface area (Å²) in [4.78, 5) is 16.4. The van der Waals surface area contributed by atoms with Crippen LogP contribution in [0, 0.1) is 17.8 Å². The van der Waals surface area contributed by atoms with Crippen LogP contribution in [-0.2, 0) is 4.79 Å². The smallest absolute Gasteiger partial charge is 0.228 e. The number of hydrogen-bond acceptors (Lipinski definition) is 3. The van der Waals surface area contributed by atoms with Crippen molar-refractivity contribution in [2.45, 2.75) is 26.7 Å². The zero-order valence-corrected chi connectivity index (χ0v) is 12.2. The van der Waals surface area contributed by atoms with Gasteiger partial charge in [0.25, 0.3) is 0 Å². The SMILES string of the molecule is CC(C)C(CO)C(=O)N(C)CC1CCCN(C)C1. The molecule has 1 rings (SSSR count). The van der Waals surface area contributed by atoms with Crippen molar-refractivity contribution in [2.24, 2.45) is 17.8 Å². The van der Waals surface area contributed by atoms with Gasteiger partial charge in [-0.3, -0.25) is 4.79 Å². The second-order valence-corrected chi connectivity index (χ2v) is 6.02. The Morgan fingerprint density at radius 2 is 2.17 bits per heavy atom. The first kappa shape index (κ1) is 15.4. The molecule has 4 heteroatoms. The molecule has 0 radical (unpaired) electrons. The summed E-state index contributed by atoms with van der Waals surface area (Å²) < 4.78 is 0. The molecule has 0 aromatic heterocycles. The van der Waals surface area contributed by atoms with Crippen LogP contribution in [0.2, 0.25) is 0 Å². The lowest BCUT2D eigenvalue weighted by Crippen LogP contribution is -2.43. The number of aliphatic hydroxyl groups excluding tert-OH is 1. The summed E-state index contributed by atoms with van der Waals surface area (Å²) >= 11 is 0. The van der Waals surface area contributed by atoms with Gasteiger partial charge in [0.2, 0.25) is 5.91 Å². The maximum absolute atomic E-state index is 12.2. The van der Waals surface area contributed by atoms with Gasteiger partial charge in [-0.25, -0.2) is 0 Å². The molecule has 1 aliphatic rings. The summed E-state index contributed by atoms with van der Waals surface area (Å²) in [6.07, 6.45) is 2.42. The minimum absolute atomic E-state index is 0.0502. The Kier molecular flexibility index (Phi) is 6.09. The average Bonchev–Trinajstić information content (AvgIpc) is 2.29. The average molecular weight is 256 g/mol. The zero-order chi connectivity index (χ0) is 13.7. The molecule has 0 saturated carbocycles. The van der Waals surface area contributed by atoms with Crippen LogP contribution in [0.3, 0.4) is 0 Å². The van der Waals surface area contributed by atoms with Crippen molar-refractivity contribution in [3.63, 3.8) is 0 Å². The Morgan fingerprint density at radius 3 is 2.67 bits per heavy atom. The van der Waals surface area contributed by atoms with Crippen molar-refractivity contribution in [3.05, 3.63) is 0 Å². The lowest BCUT2D eigenvalue weighted by Gasteiger charge is -2.33. The largest absolute Gasteiger partial charge is 0.396 e. The number of likely N-dealkylation sites (tertiary alicyclic amines) is 1. The highest BCUT2D eigenvalue weighted by atomic mass is 16.3. The Bertz CT molecular complexity index is 269. The number of aliphatic hydroxyl groups is 1. The third kappa shape index (κ3) is 4.25. The number of nitrogens with zero attached hydrogens (tertiary/aromatic N) is 2. The molecule has 1 N–H and O–H groups in total. The van der Waals surface area contributed by atoms with E-state index in [0.29, 0.717) is 5.92 Å². The van der Waals surface area contributed by atoms with Gasteiger partial charge in [0.1, 0.15) is 0 Å². The Balaban J connectivity index is 2.48. The van der Waals surface area contributed by atoms with Crippen molar-refractivity contribution in [2.75, 3.05) is 40.3 Å². The lowest BCUT2D eigenvalue weighted by molar-refractivity contribution is -0.137. The summed E-state index contributed by atoms with van der Waals surface area (Å²) in [5, 5.41) is 9.31. The predicted octanol–water partition coefficient (Wildman–Crippen LogP) is 1.05. The van der Waals surface area contributed by atoms with Crippen molar-refractivity contribution in [1.29, 1.82) is 0 Å². The number of rotatable bonds is 5. The van der Waals surface area contributed by atoms with E-state index < -0.39 is 0 Å². The van der Waals surface area contributed by atoms with Gasteiger partial charge >= 0.3 is 0 Å². The molecule has 1 saturated heterocycles. The van der Waals surface area contributed by atoms with Crippen LogP contribution in [-0.4, -0.2) is 61.2 Å². The highest BCUT2D eigenvalue weighted by Gasteiger charge is 2.27. The molecule has 0 aromatic rings. The molecular formula is C14H28N2O2. The Labute approximate surface area is 111 Å². The van der Waals surface area contributed by atoms with E-state index >= 15 is 0 Å². The summed E-state index contributed by atoms with van der Waals surface area (Å²) in [5.41, 5.74) is 0. The standard InChI is InChI=1S/C14H28N2O2/c1-11(2)13(10-17)14(18)16(4)9-12-6-5-7-15(3)8-12/h11-13,17H,5-10H2,1-4H3. The molecule has 0 aliphatic carbocycles. The van der Waals surface area contributed by atoms with Crippen LogP contribution in [0.25, 0.3) is 0 Å². The van der Waals surface area contributed by atoms with E-state index in [2.05, 4.69) is 11.9 Å². The highest BCUT2D eigenvalue weighted by molar-refractivity contribution is 5.78. The van der Waals surface area contributed by atoms with Gasteiger partial charge in [0, 0.05) is 20.1 Å². The normalized spacial score (nSPS) is 23.1. The van der Waals surface area contributed by atoms with E-state index in [9.17, 15) is 9.90 Å². The second-order valence-electron chi connectivity index (χ2n) is 6.02. The van der Waals surface area contributed by atoms with Crippen molar-refractivity contribution in [3.8, 4) is 0 Å². The van der Waals surface area contributed by atoms with Crippen molar-refractivity contribution < 1.29 is 9.90 Å². The first-order valence-electron chi connectivity index (χ1n) is 7.00. The third-order valence-electron chi connectivity index (χ3n) is 3.95. The summed E-state index contributed by atoms with van der Waals surface area (Å²) in [7, 11) is 4.00. The minimum atomic E-state index is -0.253. The van der Waals surface area contributed by atoms with Crippen LogP contribution in [0.15, 0.2) is 0 Å². The van der Waals surface area contributed by atoms with E-state index in [1.807, 2.05) is 25.8 Å². The molecule has 4 nitrogen and oxygen atoms in total. The molecule has 1 amide bonds. The monoisotopic (exact) mass is 256 g/mol. The Hall–Kier alpha value is -0.610. The molecule has 106 valence electrons. The molecule has 0 aromatic carbocycles. The number of carbonyl (C=O) groups excluding carboxylic acids is 1. The molecule has 1 fully saturated rings. The van der Waals surface area contributed by atoms with Crippen LogP contribution in [0.5, 0.6) is 0 Å². The number of amides is 1. The van der Waals surface area contributed by atoms with Crippen LogP contribution < -0.4 is 0 Å². The quantitative estimate of drug-likeness (QED) is 0.799. The number of carbonyl (C=O) groups is 1. The molecule has 18 heavy (non-hydrogen) atoms. The maximum Gasteiger partial charge on any atom is 0.228 e. The lowest BCUT2D eigenvalue weighted by atomic mass is 9.93. The van der Waals surface area contributed by atoms with E-state index in [1.54, 1.807) is 0 Å². The Morgan fingerprint density at radius 1 is 1.50 bits per heavy atom. The molecule has 1 aliphatic heterocycles. The van der Waals surface area contributed by atoms with Gasteiger partial charge in [-0.2, -0.15) is 0 Å². The summed E-state index contributed by atoms with van der Waals surface area (Å²) in [6, 6.07) is 0. The molecule has 1 heterocycles. The number of piperidine rings is 1. The van der Waals surface area contributed by atoms with E-state index in [-0.39, 0.29) is 24.3 Å². The molecule has 2 unspecified atom stereocenters. The van der Waals surface area contributed by atoms with Gasteiger partial charge in [-0.05, 0) is 38.3 Å². The maximum atomic E-state index is 12.2. The number of hydrogen-bond donors (Lipinski definition) is 1. The van der Waals surface area contributed by atoms with Gasteiger partial charge < -0.3 is 14.9 Å².